The lowest BCUT2D eigenvalue weighted by Crippen LogP contribution is -1.96. The van der Waals surface area contributed by atoms with Crippen LogP contribution in [0.5, 0.6) is 5.75 Å². The van der Waals surface area contributed by atoms with E-state index in [4.69, 9.17) is 9.84 Å². The van der Waals surface area contributed by atoms with Crippen molar-refractivity contribution in [3.05, 3.63) is 54.6 Å². The number of benzene rings is 3. The lowest BCUT2D eigenvalue weighted by molar-refractivity contribution is 0.101. The topological polar surface area (TPSA) is 29.5 Å². The highest BCUT2D eigenvalue weighted by atomic mass is 16.6. The molecule has 0 bridgehead atoms. The molecule has 3 rings (SSSR count). The summed E-state index contributed by atoms with van der Waals surface area (Å²) < 4.78 is 5.39. The molecule has 0 radical (unpaired) electrons. The van der Waals surface area contributed by atoms with Gasteiger partial charge >= 0.3 is 0 Å². The predicted octanol–water partition coefficient (Wildman–Crippen LogP) is 3.32. The second-order valence-corrected chi connectivity index (χ2v) is 3.92. The molecule has 3 aromatic carbocycles. The highest BCUT2D eigenvalue weighted by Gasteiger charge is 2.07. The van der Waals surface area contributed by atoms with Crippen molar-refractivity contribution in [1.29, 1.82) is 0 Å². The van der Waals surface area contributed by atoms with Gasteiger partial charge in [-0.15, -0.1) is 0 Å². The molecule has 1 N–H and O–H groups in total. The first kappa shape index (κ1) is 10.1. The Morgan fingerprint density at radius 2 is 1.35 bits per heavy atom. The van der Waals surface area contributed by atoms with Crippen LogP contribution in [0.2, 0.25) is 0 Å². The van der Waals surface area contributed by atoms with Crippen LogP contribution < -0.4 is 4.74 Å². The van der Waals surface area contributed by atoms with Crippen molar-refractivity contribution < 1.29 is 9.84 Å². The van der Waals surface area contributed by atoms with E-state index in [2.05, 4.69) is 6.07 Å². The largest absolute Gasteiger partial charge is 0.466 e. The van der Waals surface area contributed by atoms with E-state index in [1.165, 1.54) is 0 Å². The maximum Gasteiger partial charge on any atom is 0.186 e. The lowest BCUT2D eigenvalue weighted by atomic mass is 10.0. The normalized spacial score (nSPS) is 10.9. The quantitative estimate of drug-likeness (QED) is 0.534. The van der Waals surface area contributed by atoms with E-state index in [-0.39, 0.29) is 6.79 Å². The molecule has 0 aliphatic carbocycles. The smallest absolute Gasteiger partial charge is 0.186 e. The Balaban J connectivity index is 2.47. The van der Waals surface area contributed by atoms with E-state index < -0.39 is 0 Å². The van der Waals surface area contributed by atoms with Gasteiger partial charge in [-0.2, -0.15) is 0 Å². The summed E-state index contributed by atoms with van der Waals surface area (Å²) in [4.78, 5) is 0. The summed E-state index contributed by atoms with van der Waals surface area (Å²) in [5, 5.41) is 13.3. The molecule has 84 valence electrons. The molecule has 17 heavy (non-hydrogen) atoms. The van der Waals surface area contributed by atoms with E-state index in [0.717, 1.165) is 27.3 Å². The number of fused-ring (bicyclic) bond motifs is 2. The van der Waals surface area contributed by atoms with E-state index in [9.17, 15) is 0 Å². The number of hydrogen-bond donors (Lipinski definition) is 1. The van der Waals surface area contributed by atoms with Crippen molar-refractivity contribution >= 4 is 21.5 Å². The highest BCUT2D eigenvalue weighted by Crippen LogP contribution is 2.34. The zero-order valence-corrected chi connectivity index (χ0v) is 9.26. The number of aliphatic hydroxyl groups excluding tert-OH is 1. The third-order valence-corrected chi connectivity index (χ3v) is 2.93. The molecule has 0 atom stereocenters. The second kappa shape index (κ2) is 4.07. The molecule has 2 nitrogen and oxygen atoms in total. The van der Waals surface area contributed by atoms with Gasteiger partial charge in [0.25, 0.3) is 0 Å². The first-order chi connectivity index (χ1) is 8.40. The number of hydrogen-bond acceptors (Lipinski definition) is 2. The minimum absolute atomic E-state index is 0.308. The molecule has 0 heterocycles. The van der Waals surface area contributed by atoms with Gasteiger partial charge in [0.05, 0.1) is 0 Å². The van der Waals surface area contributed by atoms with Crippen LogP contribution in [-0.4, -0.2) is 11.9 Å². The van der Waals surface area contributed by atoms with E-state index in [1.807, 2.05) is 48.5 Å². The fourth-order valence-electron chi connectivity index (χ4n) is 2.19. The first-order valence-electron chi connectivity index (χ1n) is 5.54. The van der Waals surface area contributed by atoms with Gasteiger partial charge in [-0.3, -0.25) is 0 Å². The summed E-state index contributed by atoms with van der Waals surface area (Å²) in [6.45, 7) is -0.308. The van der Waals surface area contributed by atoms with Gasteiger partial charge in [0.15, 0.2) is 6.79 Å². The van der Waals surface area contributed by atoms with Gasteiger partial charge in [0.2, 0.25) is 0 Å². The molecule has 0 saturated heterocycles. The third kappa shape index (κ3) is 1.63. The van der Waals surface area contributed by atoms with Crippen LogP contribution in [0.15, 0.2) is 54.6 Å². The lowest BCUT2D eigenvalue weighted by Gasteiger charge is -2.10. The Morgan fingerprint density at radius 3 is 1.88 bits per heavy atom. The van der Waals surface area contributed by atoms with Crippen molar-refractivity contribution in [3.8, 4) is 5.75 Å². The number of ether oxygens (including phenoxy) is 1. The molecule has 0 amide bonds. The standard InChI is InChI=1S/C15H12O2/c16-10-17-15-13-7-3-1-5-11(13)9-12-6-2-4-8-14(12)15/h1-9,16H,10H2. The van der Waals surface area contributed by atoms with Gasteiger partial charge < -0.3 is 9.84 Å². The second-order valence-electron chi connectivity index (χ2n) is 3.92. The van der Waals surface area contributed by atoms with Gasteiger partial charge in [-0.05, 0) is 16.8 Å². The van der Waals surface area contributed by atoms with Crippen molar-refractivity contribution in [2.45, 2.75) is 0 Å². The summed E-state index contributed by atoms with van der Waals surface area (Å²) in [6.07, 6.45) is 0. The molecule has 0 aliphatic rings. The minimum Gasteiger partial charge on any atom is -0.466 e. The van der Waals surface area contributed by atoms with Crippen molar-refractivity contribution in [1.82, 2.24) is 0 Å². The number of rotatable bonds is 2. The van der Waals surface area contributed by atoms with E-state index in [0.29, 0.717) is 0 Å². The van der Waals surface area contributed by atoms with Crippen LogP contribution in [0.4, 0.5) is 0 Å². The minimum atomic E-state index is -0.308. The van der Waals surface area contributed by atoms with Gasteiger partial charge in [0.1, 0.15) is 5.75 Å². The number of aliphatic hydroxyl groups is 1. The maximum atomic E-state index is 9.02. The average Bonchev–Trinajstić information content (AvgIpc) is 2.39. The fraction of sp³-hybridized carbons (Fsp3) is 0.0667. The van der Waals surface area contributed by atoms with E-state index >= 15 is 0 Å². The molecule has 3 aromatic rings. The summed E-state index contributed by atoms with van der Waals surface area (Å²) in [7, 11) is 0. The Kier molecular flexibility index (Phi) is 2.42. The molecular formula is C15H12O2. The maximum absolute atomic E-state index is 9.02. The Bertz CT molecular complexity index is 620. The van der Waals surface area contributed by atoms with Crippen LogP contribution >= 0.6 is 0 Å². The predicted molar refractivity (Wildman–Crippen MR) is 69.2 cm³/mol. The molecule has 0 saturated carbocycles. The molecule has 0 aromatic heterocycles. The molecule has 2 heteroatoms. The SMILES string of the molecule is OCOc1c2ccccc2cc2ccccc12. The van der Waals surface area contributed by atoms with Gasteiger partial charge in [-0.1, -0.05) is 48.5 Å². The van der Waals surface area contributed by atoms with Crippen LogP contribution in [0.3, 0.4) is 0 Å². The summed E-state index contributed by atoms with van der Waals surface area (Å²) >= 11 is 0. The summed E-state index contributed by atoms with van der Waals surface area (Å²) in [5.74, 6) is 0.751. The van der Waals surface area contributed by atoms with E-state index in [1.54, 1.807) is 0 Å². The fourth-order valence-corrected chi connectivity index (χ4v) is 2.19. The van der Waals surface area contributed by atoms with Crippen molar-refractivity contribution in [2.24, 2.45) is 0 Å². The van der Waals surface area contributed by atoms with Crippen LogP contribution in [-0.2, 0) is 0 Å². The molecule has 0 unspecified atom stereocenters. The zero-order valence-electron chi connectivity index (χ0n) is 9.26. The van der Waals surface area contributed by atoms with Crippen LogP contribution in [0.25, 0.3) is 21.5 Å². The molecule has 0 aliphatic heterocycles. The zero-order chi connectivity index (χ0) is 11.7. The first-order valence-corrected chi connectivity index (χ1v) is 5.54. The Hall–Kier alpha value is -2.06. The van der Waals surface area contributed by atoms with Crippen molar-refractivity contribution in [2.75, 3.05) is 6.79 Å². The molecule has 0 fully saturated rings. The average molecular weight is 224 g/mol. The Morgan fingerprint density at radius 1 is 0.824 bits per heavy atom. The van der Waals surface area contributed by atoms with Crippen molar-refractivity contribution in [3.63, 3.8) is 0 Å². The highest BCUT2D eigenvalue weighted by molar-refractivity contribution is 6.05. The van der Waals surface area contributed by atoms with Crippen LogP contribution in [0, 0.1) is 0 Å². The summed E-state index contributed by atoms with van der Waals surface area (Å²) in [5.41, 5.74) is 0. The monoisotopic (exact) mass is 224 g/mol. The van der Waals surface area contributed by atoms with Crippen LogP contribution in [0.1, 0.15) is 0 Å². The molecule has 0 spiro atoms. The summed E-state index contributed by atoms with van der Waals surface area (Å²) in [6, 6.07) is 18.2. The van der Waals surface area contributed by atoms with Gasteiger partial charge in [0, 0.05) is 10.8 Å². The molecular weight excluding hydrogens is 212 g/mol. The van der Waals surface area contributed by atoms with Gasteiger partial charge in [-0.25, -0.2) is 0 Å². The Labute approximate surface area is 99.1 Å². The third-order valence-electron chi connectivity index (χ3n) is 2.93.